The van der Waals surface area contributed by atoms with E-state index in [0.717, 1.165) is 80.0 Å². The van der Waals surface area contributed by atoms with Crippen LogP contribution in [-0.4, -0.2) is 93.1 Å². The number of thiophene rings is 1. The molecule has 0 saturated carbocycles. The van der Waals surface area contributed by atoms with Crippen LogP contribution in [0.2, 0.25) is 0 Å². The molecule has 0 spiro atoms. The van der Waals surface area contributed by atoms with Crippen LogP contribution >= 0.6 is 11.3 Å². The third kappa shape index (κ3) is 7.49. The van der Waals surface area contributed by atoms with Crippen molar-refractivity contribution in [2.24, 2.45) is 11.8 Å². The molecule has 2 aliphatic heterocycles. The van der Waals surface area contributed by atoms with E-state index in [-0.39, 0.29) is 35.7 Å². The highest BCUT2D eigenvalue weighted by Gasteiger charge is 2.39. The number of likely N-dealkylation sites (tertiary alicyclic amines) is 2. The topological polar surface area (TPSA) is 175 Å². The number of aromatic nitrogens is 4. The third-order valence-corrected chi connectivity index (χ3v) is 12.0. The van der Waals surface area contributed by atoms with Crippen molar-refractivity contribution >= 4 is 56.2 Å². The summed E-state index contributed by atoms with van der Waals surface area (Å²) in [6.45, 7) is 8.80. The molecule has 2 aromatic carbocycles. The SMILES string of the molecule is COC(=O)N[C@H](C(=O)N1CCCC1c1ncc(-c2ccc3c(ccc4cc(-c5cnc(C6CCCN6C(=O)[C@@H](NC(=O)OC)C(C)C)[nH]5)sc43)c2)[nH]1)C(C)C. The number of carbonyl (C=O) groups excluding carboxylic acids is 4. The number of hydrogen-bond donors (Lipinski definition) is 4. The van der Waals surface area contributed by atoms with Gasteiger partial charge in [0.1, 0.15) is 23.7 Å². The van der Waals surface area contributed by atoms with Crippen LogP contribution in [0.1, 0.15) is 77.1 Å². The predicted molar refractivity (Wildman–Crippen MR) is 210 cm³/mol. The van der Waals surface area contributed by atoms with Crippen LogP contribution in [0.15, 0.2) is 48.8 Å². The van der Waals surface area contributed by atoms with E-state index in [1.54, 1.807) is 11.3 Å². The van der Waals surface area contributed by atoms with Crippen LogP contribution in [0.3, 0.4) is 0 Å². The molecular formula is C40H48N8O6S. The summed E-state index contributed by atoms with van der Waals surface area (Å²) in [7, 11) is 2.58. The van der Waals surface area contributed by atoms with Gasteiger partial charge in [-0.25, -0.2) is 19.6 Å². The van der Waals surface area contributed by atoms with Gasteiger partial charge in [-0.15, -0.1) is 11.3 Å². The van der Waals surface area contributed by atoms with E-state index >= 15 is 0 Å². The van der Waals surface area contributed by atoms with Crippen molar-refractivity contribution in [2.45, 2.75) is 77.5 Å². The van der Waals surface area contributed by atoms with Crippen LogP contribution in [0.25, 0.3) is 42.7 Å². The molecule has 7 rings (SSSR count). The molecule has 4 atom stereocenters. The predicted octanol–water partition coefficient (Wildman–Crippen LogP) is 6.92. The summed E-state index contributed by atoms with van der Waals surface area (Å²) in [4.78, 5) is 72.3. The van der Waals surface area contributed by atoms with Gasteiger partial charge in [0.05, 0.1) is 55.0 Å². The lowest BCUT2D eigenvalue weighted by Crippen LogP contribution is -2.51. The Bertz CT molecular complexity index is 2220. The Morgan fingerprint density at radius 1 is 0.745 bits per heavy atom. The van der Waals surface area contributed by atoms with Gasteiger partial charge in [-0.2, -0.15) is 0 Å². The Hall–Kier alpha value is -5.44. The fourth-order valence-corrected chi connectivity index (χ4v) is 8.96. The van der Waals surface area contributed by atoms with E-state index in [2.05, 4.69) is 57.0 Å². The van der Waals surface area contributed by atoms with Gasteiger partial charge in [-0.1, -0.05) is 52.0 Å². The van der Waals surface area contributed by atoms with Gasteiger partial charge in [0, 0.05) is 23.4 Å². The van der Waals surface area contributed by atoms with E-state index in [4.69, 9.17) is 19.4 Å². The Kier molecular flexibility index (Phi) is 10.8. The minimum Gasteiger partial charge on any atom is -0.453 e. The lowest BCUT2D eigenvalue weighted by molar-refractivity contribution is -0.136. The lowest BCUT2D eigenvalue weighted by atomic mass is 10.0. The largest absolute Gasteiger partial charge is 0.453 e. The van der Waals surface area contributed by atoms with E-state index in [9.17, 15) is 19.2 Å². The average Bonchev–Trinajstić information content (AvgIpc) is 4.03. The van der Waals surface area contributed by atoms with Gasteiger partial charge in [-0.05, 0) is 65.8 Å². The maximum absolute atomic E-state index is 13.6. The minimum absolute atomic E-state index is 0.108. The van der Waals surface area contributed by atoms with Crippen LogP contribution < -0.4 is 10.6 Å². The fourth-order valence-electron chi connectivity index (χ4n) is 7.80. The number of aromatic amines is 2. The summed E-state index contributed by atoms with van der Waals surface area (Å²) >= 11 is 1.69. The Balaban J connectivity index is 1.09. The number of nitrogens with one attached hydrogen (secondary N) is 4. The molecule has 15 heteroatoms. The van der Waals surface area contributed by atoms with Crippen molar-refractivity contribution in [2.75, 3.05) is 27.3 Å². The molecule has 2 unspecified atom stereocenters. The second-order valence-corrected chi connectivity index (χ2v) is 16.0. The maximum Gasteiger partial charge on any atom is 0.407 e. The first kappa shape index (κ1) is 37.9. The number of amides is 4. The van der Waals surface area contributed by atoms with Crippen LogP contribution in [0.5, 0.6) is 0 Å². The van der Waals surface area contributed by atoms with Crippen molar-refractivity contribution in [1.82, 2.24) is 40.4 Å². The number of methoxy groups -OCH3 is 2. The number of H-pyrrole nitrogens is 2. The first-order chi connectivity index (χ1) is 26.5. The molecule has 0 bridgehead atoms. The van der Waals surface area contributed by atoms with E-state index in [0.29, 0.717) is 13.1 Å². The molecule has 4 N–H and O–H groups in total. The summed E-state index contributed by atoms with van der Waals surface area (Å²) in [5, 5.41) is 8.75. The number of benzene rings is 2. The Morgan fingerprint density at radius 2 is 1.27 bits per heavy atom. The third-order valence-electron chi connectivity index (χ3n) is 10.8. The van der Waals surface area contributed by atoms with Crippen LogP contribution in [0.4, 0.5) is 9.59 Å². The van der Waals surface area contributed by atoms with Crippen molar-refractivity contribution in [3.05, 3.63) is 60.4 Å². The highest BCUT2D eigenvalue weighted by Crippen LogP contribution is 2.40. The zero-order chi connectivity index (χ0) is 39.0. The number of hydrogen-bond acceptors (Lipinski definition) is 9. The summed E-state index contributed by atoms with van der Waals surface area (Å²) in [5.74, 6) is 0.959. The highest BCUT2D eigenvalue weighted by molar-refractivity contribution is 7.23. The summed E-state index contributed by atoms with van der Waals surface area (Å²) in [6.07, 6.45) is 5.65. The van der Waals surface area contributed by atoms with E-state index in [1.165, 1.54) is 14.2 Å². The number of rotatable bonds is 10. The van der Waals surface area contributed by atoms with Gasteiger partial charge in [0.15, 0.2) is 0 Å². The summed E-state index contributed by atoms with van der Waals surface area (Å²) in [5.41, 5.74) is 2.74. The standard InChI is InChI=1S/C40H48N8O6S/c1-21(2)32(45-39(51)53-5)37(49)47-15-7-9-29(47)35-41-19-27(43-35)24-13-14-26-23(17-24)11-12-25-18-31(55-34(25)26)28-20-42-36(44-28)30-10-8-16-48(30)38(50)33(22(3)4)46-40(52)54-6/h11-14,17-22,29-30,32-33H,7-10,15-16H2,1-6H3,(H,41,43)(H,42,44)(H,45,51)(H,46,52)/t29?,30?,32-,33-/m0/s1. The first-order valence-electron chi connectivity index (χ1n) is 18.8. The molecule has 0 aliphatic carbocycles. The number of nitrogens with zero attached hydrogens (tertiary/aromatic N) is 4. The second kappa shape index (κ2) is 15.7. The summed E-state index contributed by atoms with van der Waals surface area (Å²) in [6, 6.07) is 11.0. The second-order valence-electron chi connectivity index (χ2n) is 15.0. The summed E-state index contributed by atoms with van der Waals surface area (Å²) < 4.78 is 10.7. The minimum atomic E-state index is -0.693. The molecule has 4 amide bonds. The molecule has 2 saturated heterocycles. The number of fused-ring (bicyclic) bond motifs is 3. The van der Waals surface area contributed by atoms with Crippen LogP contribution in [-0.2, 0) is 19.1 Å². The van der Waals surface area contributed by atoms with Crippen molar-refractivity contribution in [3.63, 3.8) is 0 Å². The number of alkyl carbamates (subject to hydrolysis) is 2. The maximum atomic E-state index is 13.6. The molecular weight excluding hydrogens is 721 g/mol. The molecule has 55 heavy (non-hydrogen) atoms. The van der Waals surface area contributed by atoms with Gasteiger partial charge in [-0.3, -0.25) is 9.59 Å². The van der Waals surface area contributed by atoms with Gasteiger partial charge >= 0.3 is 12.2 Å². The fraction of sp³-hybridized carbons (Fsp3) is 0.450. The zero-order valence-corrected chi connectivity index (χ0v) is 32.8. The molecule has 2 fully saturated rings. The molecule has 5 aromatic rings. The Morgan fingerprint density at radius 3 is 1.82 bits per heavy atom. The molecule has 0 radical (unpaired) electrons. The lowest BCUT2D eigenvalue weighted by Gasteiger charge is -2.30. The number of carbonyl (C=O) groups is 4. The van der Waals surface area contributed by atoms with Crippen molar-refractivity contribution in [3.8, 4) is 21.8 Å². The molecule has 3 aromatic heterocycles. The van der Waals surface area contributed by atoms with Gasteiger partial charge < -0.3 is 39.9 Å². The molecule has 14 nitrogen and oxygen atoms in total. The van der Waals surface area contributed by atoms with E-state index in [1.807, 2.05) is 49.9 Å². The molecule has 5 heterocycles. The Labute approximate surface area is 323 Å². The smallest absolute Gasteiger partial charge is 0.407 e. The van der Waals surface area contributed by atoms with Gasteiger partial charge in [0.2, 0.25) is 11.8 Å². The molecule has 2 aliphatic rings. The first-order valence-corrected chi connectivity index (χ1v) is 19.7. The van der Waals surface area contributed by atoms with Crippen LogP contribution in [0, 0.1) is 11.8 Å². The van der Waals surface area contributed by atoms with Gasteiger partial charge in [0.25, 0.3) is 0 Å². The molecule has 290 valence electrons. The number of imidazole rings is 2. The van der Waals surface area contributed by atoms with Crippen molar-refractivity contribution in [1.29, 1.82) is 0 Å². The zero-order valence-electron chi connectivity index (χ0n) is 32.0. The normalized spacial score (nSPS) is 18.3. The highest BCUT2D eigenvalue weighted by atomic mass is 32.1. The quantitative estimate of drug-likeness (QED) is 0.118. The van der Waals surface area contributed by atoms with E-state index < -0.39 is 24.3 Å². The number of ether oxygens (including phenoxy) is 2. The van der Waals surface area contributed by atoms with Crippen molar-refractivity contribution < 1.29 is 28.7 Å². The monoisotopic (exact) mass is 768 g/mol. The average molecular weight is 769 g/mol.